The maximum absolute atomic E-state index is 12.8. The fourth-order valence-electron chi connectivity index (χ4n) is 2.71. The number of rotatable bonds is 5. The lowest BCUT2D eigenvalue weighted by molar-refractivity contribution is -0.116. The van der Waals surface area contributed by atoms with Crippen LogP contribution in [-0.4, -0.2) is 26.6 Å². The number of nitrogens with one attached hydrogen (secondary N) is 1. The molecular formula is C19H23ClN2O3S. The molecule has 0 saturated carbocycles. The van der Waals surface area contributed by atoms with Gasteiger partial charge in [-0.1, -0.05) is 29.8 Å². The molecule has 2 rings (SSSR count). The average molecular weight is 395 g/mol. The van der Waals surface area contributed by atoms with E-state index in [9.17, 15) is 13.2 Å². The van der Waals surface area contributed by atoms with Gasteiger partial charge in [-0.3, -0.25) is 9.10 Å². The molecule has 0 heterocycles. The fourth-order valence-corrected chi connectivity index (χ4v) is 4.10. The van der Waals surface area contributed by atoms with Crippen molar-refractivity contribution in [3.05, 3.63) is 58.1 Å². The molecule has 0 saturated heterocycles. The van der Waals surface area contributed by atoms with Gasteiger partial charge >= 0.3 is 0 Å². The summed E-state index contributed by atoms with van der Waals surface area (Å²) in [5.41, 5.74) is 3.68. The molecular weight excluding hydrogens is 372 g/mol. The van der Waals surface area contributed by atoms with Crippen molar-refractivity contribution in [1.82, 2.24) is 0 Å². The molecule has 0 aliphatic rings. The number of benzene rings is 2. The molecule has 5 nitrogen and oxygen atoms in total. The first-order chi connectivity index (χ1) is 12.0. The first-order valence-corrected chi connectivity index (χ1v) is 10.4. The first-order valence-electron chi connectivity index (χ1n) is 8.14. The van der Waals surface area contributed by atoms with E-state index in [2.05, 4.69) is 5.32 Å². The summed E-state index contributed by atoms with van der Waals surface area (Å²) in [7, 11) is -3.70. The summed E-state index contributed by atoms with van der Waals surface area (Å²) >= 11 is 6.04. The largest absolute Gasteiger partial charge is 0.324 e. The normalized spacial score (nSPS) is 12.5. The number of hydrogen-bond donors (Lipinski definition) is 1. The molecule has 0 aliphatic carbocycles. The van der Waals surface area contributed by atoms with Crippen LogP contribution in [0.5, 0.6) is 0 Å². The molecule has 7 heteroatoms. The van der Waals surface area contributed by atoms with Crippen LogP contribution in [0.2, 0.25) is 5.02 Å². The van der Waals surface area contributed by atoms with E-state index in [1.54, 1.807) is 32.0 Å². The third-order valence-corrected chi connectivity index (χ3v) is 5.61. The maximum atomic E-state index is 12.8. The Bertz CT molecular complexity index is 942. The highest BCUT2D eigenvalue weighted by Crippen LogP contribution is 2.28. The molecule has 26 heavy (non-hydrogen) atoms. The molecule has 0 fully saturated rings. The molecule has 1 atom stereocenters. The van der Waals surface area contributed by atoms with E-state index in [0.717, 1.165) is 21.7 Å². The minimum absolute atomic E-state index is 0.392. The van der Waals surface area contributed by atoms with E-state index in [1.165, 1.54) is 0 Å². The summed E-state index contributed by atoms with van der Waals surface area (Å²) in [5, 5.41) is 3.23. The number of aryl methyl sites for hydroxylation is 3. The molecule has 2 aromatic rings. The smallest absolute Gasteiger partial charge is 0.248 e. The predicted octanol–water partition coefficient (Wildman–Crippen LogP) is 4.06. The molecule has 140 valence electrons. The van der Waals surface area contributed by atoms with Crippen molar-refractivity contribution in [2.75, 3.05) is 15.9 Å². The number of hydrogen-bond acceptors (Lipinski definition) is 3. The lowest BCUT2D eigenvalue weighted by Gasteiger charge is -2.29. The molecule has 1 unspecified atom stereocenters. The topological polar surface area (TPSA) is 66.5 Å². The van der Waals surface area contributed by atoms with Gasteiger partial charge in [-0.15, -0.1) is 0 Å². The van der Waals surface area contributed by atoms with Crippen LogP contribution in [0.4, 0.5) is 11.4 Å². The van der Waals surface area contributed by atoms with Gasteiger partial charge in [-0.2, -0.15) is 0 Å². The molecule has 0 radical (unpaired) electrons. The van der Waals surface area contributed by atoms with E-state index in [4.69, 9.17) is 11.6 Å². The van der Waals surface area contributed by atoms with Gasteiger partial charge in [-0.25, -0.2) is 8.42 Å². The molecule has 0 spiro atoms. The number of amides is 1. The minimum Gasteiger partial charge on any atom is -0.324 e. The summed E-state index contributed by atoms with van der Waals surface area (Å²) in [6.45, 7) is 7.15. The minimum atomic E-state index is -3.70. The van der Waals surface area contributed by atoms with E-state index >= 15 is 0 Å². The number of halogens is 1. The van der Waals surface area contributed by atoms with Gasteiger partial charge in [0.15, 0.2) is 0 Å². The second-order valence-electron chi connectivity index (χ2n) is 6.47. The number of anilines is 2. The third-order valence-electron chi connectivity index (χ3n) is 4.15. The van der Waals surface area contributed by atoms with Crippen LogP contribution in [-0.2, 0) is 14.8 Å². The molecule has 0 aromatic heterocycles. The Kier molecular flexibility index (Phi) is 5.98. The zero-order chi connectivity index (χ0) is 19.6. The first kappa shape index (κ1) is 20.3. The van der Waals surface area contributed by atoms with Crippen LogP contribution in [0.15, 0.2) is 36.4 Å². The van der Waals surface area contributed by atoms with Crippen LogP contribution in [0.25, 0.3) is 0 Å². The standard InChI is InChI=1S/C19H23ClN2O3S/c1-12-6-7-13(2)17(10-12)21-19(23)15(4)22(26(5,24)25)18-11-16(20)9-8-14(18)3/h6-11,15H,1-5H3,(H,21,23). The Labute approximate surface area is 160 Å². The summed E-state index contributed by atoms with van der Waals surface area (Å²) in [4.78, 5) is 12.8. The molecule has 0 bridgehead atoms. The Balaban J connectivity index is 2.41. The third kappa shape index (κ3) is 4.56. The highest BCUT2D eigenvalue weighted by molar-refractivity contribution is 7.92. The van der Waals surface area contributed by atoms with Gasteiger partial charge in [0.1, 0.15) is 6.04 Å². The van der Waals surface area contributed by atoms with Crippen molar-refractivity contribution in [3.8, 4) is 0 Å². The van der Waals surface area contributed by atoms with Gasteiger partial charge in [0.2, 0.25) is 15.9 Å². The van der Waals surface area contributed by atoms with Crippen LogP contribution < -0.4 is 9.62 Å². The van der Waals surface area contributed by atoms with Crippen molar-refractivity contribution >= 4 is 38.9 Å². The Morgan fingerprint density at radius 3 is 2.31 bits per heavy atom. The highest BCUT2D eigenvalue weighted by Gasteiger charge is 2.30. The van der Waals surface area contributed by atoms with E-state index < -0.39 is 22.0 Å². The van der Waals surface area contributed by atoms with Crippen molar-refractivity contribution in [3.63, 3.8) is 0 Å². The van der Waals surface area contributed by atoms with Crippen LogP contribution in [0, 0.1) is 20.8 Å². The van der Waals surface area contributed by atoms with Crippen LogP contribution in [0.3, 0.4) is 0 Å². The van der Waals surface area contributed by atoms with Gasteiger partial charge in [0.25, 0.3) is 0 Å². The highest BCUT2D eigenvalue weighted by atomic mass is 35.5. The van der Waals surface area contributed by atoms with E-state index in [1.807, 2.05) is 32.0 Å². The van der Waals surface area contributed by atoms with Crippen molar-refractivity contribution in [1.29, 1.82) is 0 Å². The zero-order valence-electron chi connectivity index (χ0n) is 15.5. The zero-order valence-corrected chi connectivity index (χ0v) is 17.1. The lowest BCUT2D eigenvalue weighted by atomic mass is 10.1. The summed E-state index contributed by atoms with van der Waals surface area (Å²) < 4.78 is 25.9. The van der Waals surface area contributed by atoms with Gasteiger partial charge in [0, 0.05) is 10.7 Å². The second kappa shape index (κ2) is 7.68. The van der Waals surface area contributed by atoms with Crippen molar-refractivity contribution < 1.29 is 13.2 Å². The SMILES string of the molecule is Cc1ccc(C)c(NC(=O)C(C)N(c2cc(Cl)ccc2C)S(C)(=O)=O)c1. The van der Waals surface area contributed by atoms with Gasteiger partial charge in [-0.05, 0) is 62.6 Å². The molecule has 1 N–H and O–H groups in total. The monoisotopic (exact) mass is 394 g/mol. The molecule has 0 aliphatic heterocycles. The second-order valence-corrected chi connectivity index (χ2v) is 8.77. The van der Waals surface area contributed by atoms with Crippen molar-refractivity contribution in [2.45, 2.75) is 33.7 Å². The van der Waals surface area contributed by atoms with Crippen molar-refractivity contribution in [2.24, 2.45) is 0 Å². The quantitative estimate of drug-likeness (QED) is 0.831. The average Bonchev–Trinajstić information content (AvgIpc) is 2.53. The number of nitrogens with zero attached hydrogens (tertiary/aromatic N) is 1. The Morgan fingerprint density at radius 2 is 1.69 bits per heavy atom. The number of sulfonamides is 1. The van der Waals surface area contributed by atoms with Gasteiger partial charge in [0.05, 0.1) is 11.9 Å². The summed E-state index contributed by atoms with van der Waals surface area (Å²) in [6.07, 6.45) is 1.08. The van der Waals surface area contributed by atoms with Crippen LogP contribution in [0.1, 0.15) is 23.6 Å². The molecule has 2 aromatic carbocycles. The maximum Gasteiger partial charge on any atom is 0.248 e. The van der Waals surface area contributed by atoms with E-state index in [0.29, 0.717) is 22.0 Å². The summed E-state index contributed by atoms with van der Waals surface area (Å²) in [5.74, 6) is -0.413. The number of carbonyl (C=O) groups is 1. The Morgan fingerprint density at radius 1 is 1.08 bits per heavy atom. The Hall–Kier alpha value is -2.05. The fraction of sp³-hybridized carbons (Fsp3) is 0.316. The summed E-state index contributed by atoms with van der Waals surface area (Å²) in [6, 6.07) is 9.74. The lowest BCUT2D eigenvalue weighted by Crippen LogP contribution is -2.45. The van der Waals surface area contributed by atoms with Crippen LogP contribution >= 0.6 is 11.6 Å². The number of carbonyl (C=O) groups excluding carboxylic acids is 1. The molecule has 1 amide bonds. The van der Waals surface area contributed by atoms with Gasteiger partial charge < -0.3 is 5.32 Å². The predicted molar refractivity (Wildman–Crippen MR) is 108 cm³/mol. The van der Waals surface area contributed by atoms with E-state index in [-0.39, 0.29) is 0 Å².